The number of nitrogens with zero attached hydrogens (tertiary/aromatic N) is 2. The van der Waals surface area contributed by atoms with E-state index in [1.54, 1.807) is 0 Å². The summed E-state index contributed by atoms with van der Waals surface area (Å²) in [6, 6.07) is 8.95. The van der Waals surface area contributed by atoms with Crippen molar-refractivity contribution in [3.63, 3.8) is 0 Å². The van der Waals surface area contributed by atoms with E-state index in [4.69, 9.17) is 0 Å². The van der Waals surface area contributed by atoms with Gasteiger partial charge in [0.1, 0.15) is 0 Å². The maximum atomic E-state index is 14.0. The fourth-order valence-corrected chi connectivity index (χ4v) is 2.14. The van der Waals surface area contributed by atoms with E-state index in [9.17, 15) is 45.6 Å². The van der Waals surface area contributed by atoms with E-state index >= 15 is 0 Å². The number of carbonyl (C=O) groups excluding carboxylic acids is 1. The van der Waals surface area contributed by atoms with Crippen molar-refractivity contribution in [1.82, 2.24) is 0 Å². The maximum Gasteiger partial charge on any atom is 0.460 e. The average molecular weight is 410 g/mol. The van der Waals surface area contributed by atoms with Crippen LogP contribution in [-0.4, -0.2) is 28.9 Å². The van der Waals surface area contributed by atoms with Crippen molar-refractivity contribution in [3.05, 3.63) is 64.7 Å². The minimum atomic E-state index is -6.69. The molecule has 0 aromatic heterocycles. The number of rotatable bonds is 5. The second-order valence-electron chi connectivity index (χ2n) is 5.40. The molecule has 0 bridgehead atoms. The van der Waals surface area contributed by atoms with E-state index in [0.29, 0.717) is 0 Å². The number of carbonyl (C=O) groups is 1. The van der Waals surface area contributed by atoms with Crippen LogP contribution in [0, 0.1) is 10.1 Å². The third kappa shape index (κ3) is 3.62. The summed E-state index contributed by atoms with van der Waals surface area (Å²) in [5.74, 6) is -15.6. The number of non-ortho nitro benzene ring substituents is 1. The van der Waals surface area contributed by atoms with Gasteiger partial charge in [-0.2, -0.15) is 30.7 Å². The Hall–Kier alpha value is -3.18. The summed E-state index contributed by atoms with van der Waals surface area (Å²) in [6.45, 7) is 0. The van der Waals surface area contributed by atoms with Crippen LogP contribution in [0.4, 0.5) is 47.8 Å². The molecule has 0 fully saturated rings. The van der Waals surface area contributed by atoms with Crippen molar-refractivity contribution in [2.45, 2.75) is 18.0 Å². The highest BCUT2D eigenvalue weighted by molar-refractivity contribution is 6.05. The lowest BCUT2D eigenvalue weighted by atomic mass is 10.1. The molecule has 1 amide bonds. The molecule has 12 heteroatoms. The van der Waals surface area contributed by atoms with Crippen LogP contribution in [-0.2, 0) is 4.79 Å². The van der Waals surface area contributed by atoms with Gasteiger partial charge in [0, 0.05) is 23.5 Å². The number of anilines is 2. The van der Waals surface area contributed by atoms with Crippen LogP contribution < -0.4 is 4.90 Å². The SMILES string of the molecule is O=C(N(c1ccccc1)c1ccc([N+](=O)[O-])cc1)C(F)(F)C(F)(F)C(F)(F)F. The number of amides is 1. The van der Waals surface area contributed by atoms with Gasteiger partial charge >= 0.3 is 23.9 Å². The first-order chi connectivity index (χ1) is 12.8. The molecule has 0 aliphatic rings. The summed E-state index contributed by atoms with van der Waals surface area (Å²) in [4.78, 5) is 21.9. The summed E-state index contributed by atoms with van der Waals surface area (Å²) in [7, 11) is 0. The van der Waals surface area contributed by atoms with Crippen molar-refractivity contribution in [2.24, 2.45) is 0 Å². The molecular weight excluding hydrogens is 401 g/mol. The van der Waals surface area contributed by atoms with E-state index < -0.39 is 45.9 Å². The molecular formula is C16H9F7N2O3. The first-order valence-corrected chi connectivity index (χ1v) is 7.27. The van der Waals surface area contributed by atoms with Crippen LogP contribution >= 0.6 is 0 Å². The summed E-state index contributed by atoms with van der Waals surface area (Å²) in [6.07, 6.45) is -6.69. The quantitative estimate of drug-likeness (QED) is 0.392. The first-order valence-electron chi connectivity index (χ1n) is 7.27. The van der Waals surface area contributed by atoms with Gasteiger partial charge in [-0.1, -0.05) is 18.2 Å². The Morgan fingerprint density at radius 2 is 1.29 bits per heavy atom. The number of nitro groups is 1. The second-order valence-corrected chi connectivity index (χ2v) is 5.40. The molecule has 0 saturated carbocycles. The molecule has 0 aliphatic carbocycles. The van der Waals surface area contributed by atoms with Gasteiger partial charge < -0.3 is 0 Å². The normalized spacial score (nSPS) is 12.5. The van der Waals surface area contributed by atoms with Crippen molar-refractivity contribution >= 4 is 23.0 Å². The Morgan fingerprint density at radius 3 is 1.71 bits per heavy atom. The molecule has 0 unspecified atom stereocenters. The van der Waals surface area contributed by atoms with Crippen LogP contribution in [0.3, 0.4) is 0 Å². The average Bonchev–Trinajstić information content (AvgIpc) is 2.62. The minimum absolute atomic E-state index is 0.0661. The Labute approximate surface area is 152 Å². The molecule has 2 rings (SSSR count). The van der Waals surface area contributed by atoms with E-state index in [0.717, 1.165) is 36.4 Å². The van der Waals surface area contributed by atoms with Gasteiger partial charge in [-0.05, 0) is 24.3 Å². The summed E-state index contributed by atoms with van der Waals surface area (Å²) in [5.41, 5.74) is -1.53. The van der Waals surface area contributed by atoms with Crippen LogP contribution in [0.1, 0.15) is 0 Å². The van der Waals surface area contributed by atoms with Crippen LogP contribution in [0.5, 0.6) is 0 Å². The smallest absolute Gasteiger partial charge is 0.276 e. The highest BCUT2D eigenvalue weighted by Crippen LogP contribution is 2.48. The number of hydrogen-bond acceptors (Lipinski definition) is 3. The van der Waals surface area contributed by atoms with Crippen molar-refractivity contribution in [3.8, 4) is 0 Å². The molecule has 0 atom stereocenters. The predicted molar refractivity (Wildman–Crippen MR) is 82.6 cm³/mol. The second kappa shape index (κ2) is 7.09. The lowest BCUT2D eigenvalue weighted by Gasteiger charge is -2.32. The molecule has 150 valence electrons. The molecule has 0 aliphatic heterocycles. The van der Waals surface area contributed by atoms with Crippen LogP contribution in [0.25, 0.3) is 0 Å². The van der Waals surface area contributed by atoms with E-state index in [2.05, 4.69) is 0 Å². The summed E-state index contributed by atoms with van der Waals surface area (Å²) in [5, 5.41) is 10.7. The zero-order chi connectivity index (χ0) is 21.3. The van der Waals surface area contributed by atoms with Gasteiger partial charge in [0.2, 0.25) is 0 Å². The Morgan fingerprint density at radius 1 is 0.821 bits per heavy atom. The minimum Gasteiger partial charge on any atom is -0.276 e. The molecule has 28 heavy (non-hydrogen) atoms. The van der Waals surface area contributed by atoms with Gasteiger partial charge in [-0.15, -0.1) is 0 Å². The number of benzene rings is 2. The van der Waals surface area contributed by atoms with Gasteiger partial charge in [0.05, 0.1) is 4.92 Å². The van der Waals surface area contributed by atoms with Gasteiger partial charge in [0.25, 0.3) is 5.69 Å². The molecule has 2 aromatic rings. The predicted octanol–water partition coefficient (Wildman–Crippen LogP) is 5.09. The topological polar surface area (TPSA) is 63.5 Å². The zero-order valence-electron chi connectivity index (χ0n) is 13.5. The lowest BCUT2D eigenvalue weighted by Crippen LogP contribution is -2.59. The molecule has 0 heterocycles. The lowest BCUT2D eigenvalue weighted by molar-refractivity contribution is -0.384. The van der Waals surface area contributed by atoms with Crippen molar-refractivity contribution < 1.29 is 40.5 Å². The molecule has 0 radical (unpaired) electrons. The van der Waals surface area contributed by atoms with Gasteiger partial charge in [-0.3, -0.25) is 19.8 Å². The fourth-order valence-electron chi connectivity index (χ4n) is 2.14. The first kappa shape index (κ1) is 21.1. The largest absolute Gasteiger partial charge is 0.460 e. The summed E-state index contributed by atoms with van der Waals surface area (Å²) >= 11 is 0. The van der Waals surface area contributed by atoms with Crippen LogP contribution in [0.2, 0.25) is 0 Å². The fraction of sp³-hybridized carbons (Fsp3) is 0.188. The van der Waals surface area contributed by atoms with E-state index in [1.165, 1.54) is 18.2 Å². The maximum absolute atomic E-state index is 14.0. The Bertz CT molecular complexity index is 868. The third-order valence-corrected chi connectivity index (χ3v) is 3.56. The van der Waals surface area contributed by atoms with Gasteiger partial charge in [0.15, 0.2) is 0 Å². The number of alkyl halides is 7. The third-order valence-electron chi connectivity index (χ3n) is 3.56. The van der Waals surface area contributed by atoms with E-state index in [1.807, 2.05) is 0 Å². The number of halogens is 7. The Kier molecular flexibility index (Phi) is 5.35. The zero-order valence-corrected chi connectivity index (χ0v) is 13.5. The number of hydrogen-bond donors (Lipinski definition) is 0. The molecule has 0 spiro atoms. The van der Waals surface area contributed by atoms with E-state index in [-0.39, 0.29) is 4.90 Å². The van der Waals surface area contributed by atoms with Crippen LogP contribution in [0.15, 0.2) is 54.6 Å². The van der Waals surface area contributed by atoms with Crippen molar-refractivity contribution in [2.75, 3.05) is 4.90 Å². The number of para-hydroxylation sites is 1. The molecule has 5 nitrogen and oxygen atoms in total. The Balaban J connectivity index is 2.60. The highest BCUT2D eigenvalue weighted by atomic mass is 19.4. The number of nitro benzene ring substituents is 1. The molecule has 2 aromatic carbocycles. The standard InChI is InChI=1S/C16H9F7N2O3/c17-14(18,15(19,20)16(21,22)23)13(26)24(10-4-2-1-3-5-10)11-6-8-12(9-7-11)25(27)28/h1-9H. The van der Waals surface area contributed by atoms with Gasteiger partial charge in [-0.25, -0.2) is 0 Å². The summed E-state index contributed by atoms with van der Waals surface area (Å²) < 4.78 is 91.8. The molecule has 0 N–H and O–H groups in total. The van der Waals surface area contributed by atoms with Crippen molar-refractivity contribution in [1.29, 1.82) is 0 Å². The molecule has 0 saturated heterocycles. The monoisotopic (exact) mass is 410 g/mol. The highest BCUT2D eigenvalue weighted by Gasteiger charge is 2.77.